The molecule has 1 aromatic carbocycles. The number of anilines is 1. The highest BCUT2D eigenvalue weighted by atomic mass is 127. The zero-order valence-corrected chi connectivity index (χ0v) is 19.5. The van der Waals surface area contributed by atoms with Crippen molar-refractivity contribution in [1.82, 2.24) is 10.2 Å². The second kappa shape index (κ2) is 12.4. The van der Waals surface area contributed by atoms with Gasteiger partial charge in [-0.2, -0.15) is 0 Å². The van der Waals surface area contributed by atoms with Gasteiger partial charge in [-0.1, -0.05) is 13.8 Å². The van der Waals surface area contributed by atoms with Crippen LogP contribution in [0.25, 0.3) is 0 Å². The molecule has 1 aromatic rings. The molecule has 1 atom stereocenters. The van der Waals surface area contributed by atoms with Crippen molar-refractivity contribution in [3.63, 3.8) is 0 Å². The molecule has 0 aliphatic carbocycles. The number of benzene rings is 1. The fraction of sp³-hybridized carbons (Fsp3) is 0.650. The average molecular weight is 490 g/mol. The van der Waals surface area contributed by atoms with E-state index in [4.69, 9.17) is 9.47 Å². The second-order valence-electron chi connectivity index (χ2n) is 7.42. The predicted molar refractivity (Wildman–Crippen MR) is 124 cm³/mol. The minimum atomic E-state index is 0. The first-order chi connectivity index (χ1) is 12.5. The summed E-state index contributed by atoms with van der Waals surface area (Å²) in [6.07, 6.45) is 0.358. The molecule has 154 valence electrons. The molecule has 0 amide bonds. The highest BCUT2D eigenvalue weighted by Gasteiger charge is 2.21. The Morgan fingerprint density at radius 1 is 1.26 bits per heavy atom. The summed E-state index contributed by atoms with van der Waals surface area (Å²) >= 11 is 0. The molecule has 0 spiro atoms. The number of ether oxygens (including phenoxy) is 2. The monoisotopic (exact) mass is 490 g/mol. The minimum Gasteiger partial charge on any atom is -0.491 e. The molecule has 27 heavy (non-hydrogen) atoms. The lowest BCUT2D eigenvalue weighted by Crippen LogP contribution is -2.49. The maximum Gasteiger partial charge on any atom is 0.195 e. The summed E-state index contributed by atoms with van der Waals surface area (Å²) in [5.41, 5.74) is 0.972. The van der Waals surface area contributed by atoms with Gasteiger partial charge in [0.25, 0.3) is 0 Å². The molecule has 1 aliphatic heterocycles. The Labute approximate surface area is 181 Å². The fourth-order valence-electron chi connectivity index (χ4n) is 3.00. The van der Waals surface area contributed by atoms with Gasteiger partial charge < -0.3 is 20.1 Å². The Bertz CT molecular complexity index is 564. The SMILES string of the molecule is CN=C(NCC1CN(CC(C)C)CCO1)Nc1ccc(OC(C)C)cc1.I. The normalized spacial score (nSPS) is 18.3. The van der Waals surface area contributed by atoms with Gasteiger partial charge in [-0.3, -0.25) is 9.89 Å². The second-order valence-corrected chi connectivity index (χ2v) is 7.42. The third-order valence-electron chi connectivity index (χ3n) is 4.06. The van der Waals surface area contributed by atoms with Gasteiger partial charge in [0.05, 0.1) is 18.8 Å². The molecule has 2 rings (SSSR count). The van der Waals surface area contributed by atoms with Crippen molar-refractivity contribution >= 4 is 35.6 Å². The first kappa shape index (κ1) is 24.0. The van der Waals surface area contributed by atoms with Crippen LogP contribution < -0.4 is 15.4 Å². The van der Waals surface area contributed by atoms with Gasteiger partial charge in [-0.15, -0.1) is 24.0 Å². The van der Waals surface area contributed by atoms with Crippen molar-refractivity contribution in [2.75, 3.05) is 45.2 Å². The van der Waals surface area contributed by atoms with Crippen LogP contribution in [-0.4, -0.2) is 62.9 Å². The summed E-state index contributed by atoms with van der Waals surface area (Å²) in [5.74, 6) is 2.29. The smallest absolute Gasteiger partial charge is 0.195 e. The number of guanidine groups is 1. The number of morpholine rings is 1. The van der Waals surface area contributed by atoms with E-state index in [1.54, 1.807) is 7.05 Å². The van der Waals surface area contributed by atoms with Crippen molar-refractivity contribution in [2.45, 2.75) is 39.9 Å². The van der Waals surface area contributed by atoms with Crippen LogP contribution in [0.2, 0.25) is 0 Å². The summed E-state index contributed by atoms with van der Waals surface area (Å²) in [5, 5.41) is 6.67. The number of nitrogens with zero attached hydrogens (tertiary/aromatic N) is 2. The maximum absolute atomic E-state index is 5.88. The van der Waals surface area contributed by atoms with E-state index in [1.807, 2.05) is 38.1 Å². The number of hydrogen-bond acceptors (Lipinski definition) is 4. The first-order valence-electron chi connectivity index (χ1n) is 9.54. The zero-order chi connectivity index (χ0) is 18.9. The van der Waals surface area contributed by atoms with E-state index in [0.717, 1.165) is 50.2 Å². The van der Waals surface area contributed by atoms with Crippen LogP contribution in [-0.2, 0) is 4.74 Å². The maximum atomic E-state index is 5.88. The predicted octanol–water partition coefficient (Wildman–Crippen LogP) is 3.44. The van der Waals surface area contributed by atoms with E-state index >= 15 is 0 Å². The van der Waals surface area contributed by atoms with E-state index < -0.39 is 0 Å². The quantitative estimate of drug-likeness (QED) is 0.349. The molecule has 2 N–H and O–H groups in total. The standard InChI is InChI=1S/C20H34N4O2.HI/c1-15(2)13-24-10-11-25-19(14-24)12-22-20(21-5)23-17-6-8-18(9-7-17)26-16(3)4;/h6-9,15-16,19H,10-14H2,1-5H3,(H2,21,22,23);1H. The molecule has 1 heterocycles. The van der Waals surface area contributed by atoms with E-state index in [-0.39, 0.29) is 36.2 Å². The fourth-order valence-corrected chi connectivity index (χ4v) is 3.00. The molecular formula is C20H35IN4O2. The van der Waals surface area contributed by atoms with Gasteiger partial charge in [0.15, 0.2) is 5.96 Å². The molecule has 1 fully saturated rings. The van der Waals surface area contributed by atoms with Gasteiger partial charge in [-0.25, -0.2) is 0 Å². The molecule has 7 heteroatoms. The van der Waals surface area contributed by atoms with Crippen LogP contribution in [0.4, 0.5) is 5.69 Å². The summed E-state index contributed by atoms with van der Waals surface area (Å²) in [4.78, 5) is 6.78. The number of hydrogen-bond donors (Lipinski definition) is 2. The van der Waals surface area contributed by atoms with Crippen molar-refractivity contribution in [2.24, 2.45) is 10.9 Å². The van der Waals surface area contributed by atoms with Gasteiger partial charge in [-0.05, 0) is 44.0 Å². The van der Waals surface area contributed by atoms with Crippen LogP contribution in [0.5, 0.6) is 5.75 Å². The number of aliphatic imine (C=N–C) groups is 1. The van der Waals surface area contributed by atoms with Gasteiger partial charge in [0.1, 0.15) is 5.75 Å². The Hall–Kier alpha value is -1.06. The van der Waals surface area contributed by atoms with Gasteiger partial charge in [0.2, 0.25) is 0 Å². The van der Waals surface area contributed by atoms with E-state index in [1.165, 1.54) is 0 Å². The minimum absolute atomic E-state index is 0. The number of rotatable bonds is 7. The Kier molecular flexibility index (Phi) is 11.0. The molecule has 6 nitrogen and oxygen atoms in total. The Morgan fingerprint density at radius 2 is 1.96 bits per heavy atom. The van der Waals surface area contributed by atoms with Crippen LogP contribution in [0, 0.1) is 5.92 Å². The van der Waals surface area contributed by atoms with Crippen LogP contribution in [0.3, 0.4) is 0 Å². The summed E-state index contributed by atoms with van der Waals surface area (Å²) in [7, 11) is 1.78. The molecule has 1 aliphatic rings. The molecule has 0 aromatic heterocycles. The van der Waals surface area contributed by atoms with Crippen LogP contribution in [0.15, 0.2) is 29.3 Å². The van der Waals surface area contributed by atoms with E-state index in [0.29, 0.717) is 5.92 Å². The lowest BCUT2D eigenvalue weighted by molar-refractivity contribution is -0.0283. The average Bonchev–Trinajstić information content (AvgIpc) is 2.59. The van der Waals surface area contributed by atoms with Crippen molar-refractivity contribution in [3.05, 3.63) is 24.3 Å². The van der Waals surface area contributed by atoms with Crippen molar-refractivity contribution in [1.29, 1.82) is 0 Å². The molecule has 1 saturated heterocycles. The lowest BCUT2D eigenvalue weighted by Gasteiger charge is -2.34. The van der Waals surface area contributed by atoms with E-state index in [9.17, 15) is 0 Å². The zero-order valence-electron chi connectivity index (χ0n) is 17.2. The van der Waals surface area contributed by atoms with Gasteiger partial charge >= 0.3 is 0 Å². The van der Waals surface area contributed by atoms with E-state index in [2.05, 4.69) is 34.4 Å². The summed E-state index contributed by atoms with van der Waals surface area (Å²) in [6, 6.07) is 7.91. The highest BCUT2D eigenvalue weighted by Crippen LogP contribution is 2.16. The number of nitrogens with one attached hydrogen (secondary N) is 2. The highest BCUT2D eigenvalue weighted by molar-refractivity contribution is 14.0. The summed E-state index contributed by atoms with van der Waals surface area (Å²) < 4.78 is 11.6. The first-order valence-corrected chi connectivity index (χ1v) is 9.54. The Morgan fingerprint density at radius 3 is 2.56 bits per heavy atom. The summed E-state index contributed by atoms with van der Waals surface area (Å²) in [6.45, 7) is 13.2. The largest absolute Gasteiger partial charge is 0.491 e. The molecule has 0 radical (unpaired) electrons. The van der Waals surface area contributed by atoms with Crippen molar-refractivity contribution < 1.29 is 9.47 Å². The van der Waals surface area contributed by atoms with Crippen molar-refractivity contribution in [3.8, 4) is 5.75 Å². The lowest BCUT2D eigenvalue weighted by atomic mass is 10.2. The third kappa shape index (κ3) is 9.12. The van der Waals surface area contributed by atoms with Crippen LogP contribution in [0.1, 0.15) is 27.7 Å². The topological polar surface area (TPSA) is 58.1 Å². The molecular weight excluding hydrogens is 455 g/mol. The van der Waals surface area contributed by atoms with Crippen LogP contribution >= 0.6 is 24.0 Å². The molecule has 0 saturated carbocycles. The van der Waals surface area contributed by atoms with Gasteiger partial charge in [0, 0.05) is 38.9 Å². The molecule has 1 unspecified atom stereocenters. The Balaban J connectivity index is 0.00000364. The molecule has 0 bridgehead atoms. The third-order valence-corrected chi connectivity index (χ3v) is 4.06. The number of halogens is 1.